The van der Waals surface area contributed by atoms with Crippen LogP contribution in [-0.4, -0.2) is 31.7 Å². The van der Waals surface area contributed by atoms with E-state index >= 15 is 0 Å². The quantitative estimate of drug-likeness (QED) is 0.221. The van der Waals surface area contributed by atoms with Crippen LogP contribution in [0.15, 0.2) is 48.5 Å². The lowest BCUT2D eigenvalue weighted by Gasteiger charge is -2.08. The Morgan fingerprint density at radius 1 is 0.679 bits per heavy atom. The van der Waals surface area contributed by atoms with Crippen LogP contribution in [-0.2, 0) is 29.0 Å². The standard InChI is InChI=1S/C19H18O9/c1-13-7-3-5-9-15(13)17(20)27-25-11-23-19(22)24-12-26-28-18(21)16-10-6-4-8-14(16)2/h3-10H,11-12H2,1-2H3. The molecular weight excluding hydrogens is 372 g/mol. The first kappa shape index (κ1) is 20.9. The Bertz CT molecular complexity index is 764. The summed E-state index contributed by atoms with van der Waals surface area (Å²) in [7, 11) is 0. The first-order valence-corrected chi connectivity index (χ1v) is 8.07. The summed E-state index contributed by atoms with van der Waals surface area (Å²) < 4.78 is 8.98. The minimum atomic E-state index is -1.18. The highest BCUT2D eigenvalue weighted by molar-refractivity contribution is 5.91. The highest BCUT2D eigenvalue weighted by atomic mass is 17.2. The highest BCUT2D eigenvalue weighted by Crippen LogP contribution is 2.09. The van der Waals surface area contributed by atoms with Crippen molar-refractivity contribution in [3.05, 3.63) is 70.8 Å². The second-order valence-corrected chi connectivity index (χ2v) is 5.38. The maximum atomic E-state index is 11.7. The minimum absolute atomic E-state index is 0.314. The molecule has 0 fully saturated rings. The van der Waals surface area contributed by atoms with Gasteiger partial charge < -0.3 is 9.47 Å². The second kappa shape index (κ2) is 10.7. The molecular formula is C19H18O9. The number of carbonyl (C=O) groups is 3. The summed E-state index contributed by atoms with van der Waals surface area (Å²) in [5.41, 5.74) is 2.03. The number of hydrogen-bond donors (Lipinski definition) is 0. The fraction of sp³-hybridized carbons (Fsp3) is 0.211. The van der Waals surface area contributed by atoms with E-state index in [2.05, 4.69) is 29.0 Å². The first-order chi connectivity index (χ1) is 13.5. The van der Waals surface area contributed by atoms with Crippen molar-refractivity contribution in [3.63, 3.8) is 0 Å². The molecule has 0 heterocycles. The lowest BCUT2D eigenvalue weighted by Crippen LogP contribution is -2.16. The molecule has 0 saturated carbocycles. The van der Waals surface area contributed by atoms with Crippen molar-refractivity contribution in [2.24, 2.45) is 0 Å². The lowest BCUT2D eigenvalue weighted by molar-refractivity contribution is -0.297. The largest absolute Gasteiger partial charge is 0.512 e. The molecule has 0 saturated heterocycles. The van der Waals surface area contributed by atoms with Gasteiger partial charge in [-0.3, -0.25) is 9.78 Å². The van der Waals surface area contributed by atoms with Gasteiger partial charge in [-0.25, -0.2) is 14.4 Å². The van der Waals surface area contributed by atoms with Gasteiger partial charge in [0.15, 0.2) is 0 Å². The normalized spacial score (nSPS) is 10.1. The molecule has 9 heteroatoms. The zero-order valence-electron chi connectivity index (χ0n) is 15.2. The van der Waals surface area contributed by atoms with E-state index in [0.717, 1.165) is 0 Å². The average Bonchev–Trinajstić information content (AvgIpc) is 2.69. The number of carbonyl (C=O) groups excluding carboxylic acids is 3. The van der Waals surface area contributed by atoms with Crippen molar-refractivity contribution in [2.75, 3.05) is 13.6 Å². The first-order valence-electron chi connectivity index (χ1n) is 8.07. The predicted octanol–water partition coefficient (Wildman–Crippen LogP) is 3.25. The summed E-state index contributed by atoms with van der Waals surface area (Å²) in [5, 5.41) is 0. The summed E-state index contributed by atoms with van der Waals surface area (Å²) in [5.74, 6) is -1.47. The molecule has 28 heavy (non-hydrogen) atoms. The Morgan fingerprint density at radius 3 is 1.46 bits per heavy atom. The number of aryl methyl sites for hydroxylation is 2. The molecule has 0 aliphatic rings. The van der Waals surface area contributed by atoms with Gasteiger partial charge in [0.25, 0.3) is 0 Å². The average molecular weight is 390 g/mol. The Morgan fingerprint density at radius 2 is 1.07 bits per heavy atom. The number of rotatable bonds is 8. The third-order valence-electron chi connectivity index (χ3n) is 3.45. The Kier molecular flexibility index (Phi) is 7.94. The van der Waals surface area contributed by atoms with Gasteiger partial charge >= 0.3 is 18.1 Å². The predicted molar refractivity (Wildman–Crippen MR) is 92.7 cm³/mol. The maximum absolute atomic E-state index is 11.7. The van der Waals surface area contributed by atoms with Crippen molar-refractivity contribution in [1.82, 2.24) is 0 Å². The monoisotopic (exact) mass is 390 g/mol. The van der Waals surface area contributed by atoms with Crippen molar-refractivity contribution in [1.29, 1.82) is 0 Å². The van der Waals surface area contributed by atoms with Crippen LogP contribution in [0.2, 0.25) is 0 Å². The molecule has 0 bridgehead atoms. The number of hydrogen-bond acceptors (Lipinski definition) is 9. The molecule has 0 unspecified atom stereocenters. The van der Waals surface area contributed by atoms with E-state index in [1.165, 1.54) is 0 Å². The molecule has 2 aromatic carbocycles. The smallest absolute Gasteiger partial charge is 0.403 e. The topological polar surface area (TPSA) is 107 Å². The van der Waals surface area contributed by atoms with Gasteiger partial charge in [-0.15, -0.1) is 9.78 Å². The second-order valence-electron chi connectivity index (χ2n) is 5.38. The summed E-state index contributed by atoms with van der Waals surface area (Å²) in [6.07, 6.45) is -1.18. The third kappa shape index (κ3) is 6.38. The maximum Gasteiger partial charge on any atom is 0.512 e. The van der Waals surface area contributed by atoms with Crippen LogP contribution in [0.3, 0.4) is 0 Å². The van der Waals surface area contributed by atoms with E-state index in [0.29, 0.717) is 22.3 Å². The van der Waals surface area contributed by atoms with E-state index in [9.17, 15) is 14.4 Å². The number of ether oxygens (including phenoxy) is 2. The molecule has 0 spiro atoms. The van der Waals surface area contributed by atoms with Gasteiger partial charge in [0.2, 0.25) is 13.6 Å². The summed E-state index contributed by atoms with van der Waals surface area (Å²) in [6.45, 7) is 2.08. The van der Waals surface area contributed by atoms with Gasteiger partial charge in [0, 0.05) is 0 Å². The summed E-state index contributed by atoms with van der Waals surface area (Å²) in [6, 6.07) is 13.5. The van der Waals surface area contributed by atoms with E-state index < -0.39 is 31.7 Å². The molecule has 0 N–H and O–H groups in total. The van der Waals surface area contributed by atoms with Crippen LogP contribution in [0.1, 0.15) is 31.8 Å². The fourth-order valence-corrected chi connectivity index (χ4v) is 2.03. The molecule has 0 aliphatic heterocycles. The Balaban J connectivity index is 1.58. The van der Waals surface area contributed by atoms with Crippen LogP contribution in [0.4, 0.5) is 4.79 Å². The van der Waals surface area contributed by atoms with Crippen LogP contribution in [0.25, 0.3) is 0 Å². The number of benzene rings is 2. The molecule has 0 amide bonds. The summed E-state index contributed by atoms with van der Waals surface area (Å²) in [4.78, 5) is 52.8. The Labute approximate surface area is 160 Å². The van der Waals surface area contributed by atoms with Crippen molar-refractivity contribution >= 4 is 18.1 Å². The van der Waals surface area contributed by atoms with Crippen LogP contribution in [0, 0.1) is 13.8 Å². The van der Waals surface area contributed by atoms with E-state index in [-0.39, 0.29) is 0 Å². The SMILES string of the molecule is Cc1ccccc1C(=O)OOCOC(=O)OCOOC(=O)c1ccccc1C. The van der Waals surface area contributed by atoms with Gasteiger partial charge in [-0.05, 0) is 37.1 Å². The van der Waals surface area contributed by atoms with E-state index in [1.54, 1.807) is 62.4 Å². The van der Waals surface area contributed by atoms with Crippen molar-refractivity contribution < 1.29 is 43.4 Å². The minimum Gasteiger partial charge on any atom is -0.403 e. The zero-order chi connectivity index (χ0) is 20.4. The van der Waals surface area contributed by atoms with Gasteiger partial charge in [0.1, 0.15) is 0 Å². The molecule has 148 valence electrons. The fourth-order valence-electron chi connectivity index (χ4n) is 2.03. The van der Waals surface area contributed by atoms with Crippen LogP contribution >= 0.6 is 0 Å². The van der Waals surface area contributed by atoms with Crippen LogP contribution < -0.4 is 0 Å². The van der Waals surface area contributed by atoms with E-state index in [4.69, 9.17) is 0 Å². The molecule has 0 atom stereocenters. The van der Waals surface area contributed by atoms with Gasteiger partial charge in [-0.1, -0.05) is 36.4 Å². The van der Waals surface area contributed by atoms with Gasteiger partial charge in [-0.2, -0.15) is 0 Å². The molecule has 9 nitrogen and oxygen atoms in total. The molecule has 0 aliphatic carbocycles. The molecule has 0 aromatic heterocycles. The Hall–Kier alpha value is -3.43. The molecule has 2 rings (SSSR count). The van der Waals surface area contributed by atoms with E-state index in [1.807, 2.05) is 0 Å². The molecule has 0 radical (unpaired) electrons. The molecule has 2 aromatic rings. The summed E-state index contributed by atoms with van der Waals surface area (Å²) >= 11 is 0. The van der Waals surface area contributed by atoms with Crippen LogP contribution in [0.5, 0.6) is 0 Å². The zero-order valence-corrected chi connectivity index (χ0v) is 15.2. The van der Waals surface area contributed by atoms with Gasteiger partial charge in [0.05, 0.1) is 11.1 Å². The third-order valence-corrected chi connectivity index (χ3v) is 3.45. The van der Waals surface area contributed by atoms with Crippen molar-refractivity contribution in [2.45, 2.75) is 13.8 Å². The van der Waals surface area contributed by atoms with Crippen molar-refractivity contribution in [3.8, 4) is 0 Å². The highest BCUT2D eigenvalue weighted by Gasteiger charge is 2.13. The lowest BCUT2D eigenvalue weighted by atomic mass is 10.1.